The highest BCUT2D eigenvalue weighted by atomic mass is 32.2. The molecule has 0 saturated heterocycles. The Balaban J connectivity index is 2.01. The minimum Gasteiger partial charge on any atom is -0.349 e. The molecule has 8 nitrogen and oxygen atoms in total. The standard InChI is InChI=1S/C21H27N3O5S/c1-4-20(17-12-10-16(2)11-13-17)22-21(25)9-6-14-23(30(3,28)29)18-7-5-8-19(15-18)24(26)27/h5,7-8,10-13,15,20H,4,6,9,14H2,1-3H3,(H,22,25)/t20-/m0/s1. The van der Waals surface area contributed by atoms with Gasteiger partial charge in [0.1, 0.15) is 0 Å². The lowest BCUT2D eigenvalue weighted by Gasteiger charge is -2.22. The Hall–Kier alpha value is -2.94. The predicted octanol–water partition coefficient (Wildman–Crippen LogP) is 3.72. The second kappa shape index (κ2) is 10.2. The largest absolute Gasteiger partial charge is 0.349 e. The van der Waals surface area contributed by atoms with Gasteiger partial charge < -0.3 is 5.32 Å². The number of carbonyl (C=O) groups excluding carboxylic acids is 1. The van der Waals surface area contributed by atoms with Crippen LogP contribution in [-0.2, 0) is 14.8 Å². The molecule has 162 valence electrons. The van der Waals surface area contributed by atoms with Crippen molar-refractivity contribution < 1.29 is 18.1 Å². The van der Waals surface area contributed by atoms with Gasteiger partial charge >= 0.3 is 0 Å². The molecule has 0 unspecified atom stereocenters. The summed E-state index contributed by atoms with van der Waals surface area (Å²) in [7, 11) is -3.65. The zero-order chi connectivity index (χ0) is 22.3. The number of anilines is 1. The highest BCUT2D eigenvalue weighted by Crippen LogP contribution is 2.24. The van der Waals surface area contributed by atoms with Gasteiger partial charge in [0.15, 0.2) is 0 Å². The number of carbonyl (C=O) groups is 1. The normalized spacial score (nSPS) is 12.2. The van der Waals surface area contributed by atoms with Crippen molar-refractivity contribution in [3.05, 3.63) is 69.8 Å². The lowest BCUT2D eigenvalue weighted by Crippen LogP contribution is -2.33. The summed E-state index contributed by atoms with van der Waals surface area (Å²) in [5.74, 6) is -0.171. The maximum atomic E-state index is 12.4. The van der Waals surface area contributed by atoms with Crippen LogP contribution in [0.2, 0.25) is 0 Å². The topological polar surface area (TPSA) is 110 Å². The van der Waals surface area contributed by atoms with E-state index in [-0.39, 0.29) is 42.7 Å². The van der Waals surface area contributed by atoms with Crippen LogP contribution in [-0.4, -0.2) is 32.0 Å². The average Bonchev–Trinajstić information content (AvgIpc) is 2.69. The van der Waals surface area contributed by atoms with E-state index >= 15 is 0 Å². The Morgan fingerprint density at radius 2 is 1.87 bits per heavy atom. The van der Waals surface area contributed by atoms with Gasteiger partial charge in [0.25, 0.3) is 5.69 Å². The summed E-state index contributed by atoms with van der Waals surface area (Å²) in [4.78, 5) is 22.8. The molecule has 0 aliphatic rings. The third kappa shape index (κ3) is 6.55. The molecule has 2 rings (SSSR count). The van der Waals surface area contributed by atoms with Crippen molar-refractivity contribution in [1.82, 2.24) is 5.32 Å². The van der Waals surface area contributed by atoms with Crippen molar-refractivity contribution in [2.24, 2.45) is 0 Å². The fraction of sp³-hybridized carbons (Fsp3) is 0.381. The first-order valence-electron chi connectivity index (χ1n) is 9.70. The van der Waals surface area contributed by atoms with Gasteiger partial charge in [-0.15, -0.1) is 0 Å². The molecule has 1 atom stereocenters. The van der Waals surface area contributed by atoms with Crippen molar-refractivity contribution in [3.8, 4) is 0 Å². The zero-order valence-corrected chi connectivity index (χ0v) is 18.2. The van der Waals surface area contributed by atoms with Crippen molar-refractivity contribution in [1.29, 1.82) is 0 Å². The fourth-order valence-electron chi connectivity index (χ4n) is 3.12. The SMILES string of the molecule is CC[C@H](NC(=O)CCCN(c1cccc([N+](=O)[O-])c1)S(C)(=O)=O)c1ccc(C)cc1. The van der Waals surface area contributed by atoms with E-state index in [4.69, 9.17) is 0 Å². The second-order valence-corrected chi connectivity index (χ2v) is 9.06. The van der Waals surface area contributed by atoms with Gasteiger partial charge in [-0.2, -0.15) is 0 Å². The van der Waals surface area contributed by atoms with E-state index in [0.717, 1.165) is 28.1 Å². The number of non-ortho nitro benzene ring substituents is 1. The molecule has 0 aromatic heterocycles. The number of hydrogen-bond donors (Lipinski definition) is 1. The van der Waals surface area contributed by atoms with Crippen LogP contribution in [0.15, 0.2) is 48.5 Å². The van der Waals surface area contributed by atoms with Gasteiger partial charge in [-0.3, -0.25) is 19.2 Å². The minimum absolute atomic E-state index is 0.0503. The van der Waals surface area contributed by atoms with E-state index in [2.05, 4.69) is 5.32 Å². The Kier molecular flexibility index (Phi) is 7.93. The van der Waals surface area contributed by atoms with Crippen LogP contribution in [0.1, 0.15) is 43.4 Å². The van der Waals surface area contributed by atoms with Gasteiger partial charge in [0, 0.05) is 25.1 Å². The van der Waals surface area contributed by atoms with E-state index in [1.54, 1.807) is 0 Å². The van der Waals surface area contributed by atoms with Crippen LogP contribution < -0.4 is 9.62 Å². The van der Waals surface area contributed by atoms with Crippen LogP contribution >= 0.6 is 0 Å². The predicted molar refractivity (Wildman–Crippen MR) is 117 cm³/mol. The molecule has 2 aromatic rings. The second-order valence-electron chi connectivity index (χ2n) is 7.15. The number of nitro groups is 1. The first kappa shape index (κ1) is 23.3. The molecule has 2 aromatic carbocycles. The molecular formula is C21H27N3O5S. The van der Waals surface area contributed by atoms with Crippen molar-refractivity contribution in [2.45, 2.75) is 39.2 Å². The monoisotopic (exact) mass is 433 g/mol. The summed E-state index contributed by atoms with van der Waals surface area (Å²) in [5, 5.41) is 14.0. The van der Waals surface area contributed by atoms with Gasteiger partial charge in [-0.1, -0.05) is 42.8 Å². The number of aryl methyl sites for hydroxylation is 1. The summed E-state index contributed by atoms with van der Waals surface area (Å²) in [6.45, 7) is 4.03. The zero-order valence-electron chi connectivity index (χ0n) is 17.4. The summed E-state index contributed by atoms with van der Waals surface area (Å²) >= 11 is 0. The number of amides is 1. The molecule has 0 bridgehead atoms. The maximum absolute atomic E-state index is 12.4. The number of nitrogens with one attached hydrogen (secondary N) is 1. The first-order valence-corrected chi connectivity index (χ1v) is 11.5. The maximum Gasteiger partial charge on any atom is 0.271 e. The highest BCUT2D eigenvalue weighted by Gasteiger charge is 2.20. The van der Waals surface area contributed by atoms with E-state index < -0.39 is 14.9 Å². The Morgan fingerprint density at radius 3 is 2.43 bits per heavy atom. The molecule has 1 N–H and O–H groups in total. The number of benzene rings is 2. The van der Waals surface area contributed by atoms with Crippen molar-refractivity contribution in [2.75, 3.05) is 17.1 Å². The van der Waals surface area contributed by atoms with Crippen LogP contribution in [0.25, 0.3) is 0 Å². The molecule has 0 radical (unpaired) electrons. The molecule has 0 aliphatic carbocycles. The minimum atomic E-state index is -3.65. The molecule has 1 amide bonds. The van der Waals surface area contributed by atoms with E-state index in [1.165, 1.54) is 24.3 Å². The van der Waals surface area contributed by atoms with Crippen molar-refractivity contribution in [3.63, 3.8) is 0 Å². The van der Waals surface area contributed by atoms with Crippen LogP contribution in [0.5, 0.6) is 0 Å². The van der Waals surface area contributed by atoms with E-state index in [9.17, 15) is 23.3 Å². The smallest absolute Gasteiger partial charge is 0.271 e. The van der Waals surface area contributed by atoms with Gasteiger partial charge in [0.05, 0.1) is 22.9 Å². The molecule has 0 heterocycles. The van der Waals surface area contributed by atoms with Crippen molar-refractivity contribution >= 4 is 27.3 Å². The molecule has 9 heteroatoms. The highest BCUT2D eigenvalue weighted by molar-refractivity contribution is 7.92. The molecule has 30 heavy (non-hydrogen) atoms. The first-order chi connectivity index (χ1) is 14.1. The summed E-state index contributed by atoms with van der Waals surface area (Å²) < 4.78 is 25.4. The third-order valence-electron chi connectivity index (χ3n) is 4.72. The lowest BCUT2D eigenvalue weighted by atomic mass is 10.0. The summed E-state index contributed by atoms with van der Waals surface area (Å²) in [6, 6.07) is 13.3. The number of rotatable bonds is 10. The van der Waals surface area contributed by atoms with Gasteiger partial charge in [-0.05, 0) is 31.4 Å². The van der Waals surface area contributed by atoms with Crippen LogP contribution in [0.3, 0.4) is 0 Å². The van der Waals surface area contributed by atoms with Gasteiger partial charge in [-0.25, -0.2) is 8.42 Å². The number of nitrogens with zero attached hydrogens (tertiary/aromatic N) is 2. The summed E-state index contributed by atoms with van der Waals surface area (Å²) in [6.07, 6.45) is 2.20. The molecular weight excluding hydrogens is 406 g/mol. The number of hydrogen-bond acceptors (Lipinski definition) is 5. The van der Waals surface area contributed by atoms with E-state index in [1.807, 2.05) is 38.1 Å². The Bertz CT molecular complexity index is 990. The molecule has 0 aliphatic heterocycles. The number of nitro benzene ring substituents is 1. The van der Waals surface area contributed by atoms with Gasteiger partial charge in [0.2, 0.25) is 15.9 Å². The quantitative estimate of drug-likeness (QED) is 0.454. The number of sulfonamides is 1. The van der Waals surface area contributed by atoms with Crippen LogP contribution in [0.4, 0.5) is 11.4 Å². The van der Waals surface area contributed by atoms with E-state index in [0.29, 0.717) is 0 Å². The molecule has 0 saturated carbocycles. The fourth-order valence-corrected chi connectivity index (χ4v) is 4.07. The summed E-state index contributed by atoms with van der Waals surface area (Å²) in [5.41, 5.74) is 2.17. The molecule has 0 spiro atoms. The van der Waals surface area contributed by atoms with Crippen LogP contribution in [0, 0.1) is 17.0 Å². The lowest BCUT2D eigenvalue weighted by molar-refractivity contribution is -0.384. The average molecular weight is 434 g/mol. The Labute approximate surface area is 177 Å². The molecule has 0 fully saturated rings. The third-order valence-corrected chi connectivity index (χ3v) is 5.91. The Morgan fingerprint density at radius 1 is 1.20 bits per heavy atom.